The molecule has 7 heteroatoms. The fourth-order valence-electron chi connectivity index (χ4n) is 4.28. The Labute approximate surface area is 228 Å². The van der Waals surface area contributed by atoms with Crippen LogP contribution in [-0.4, -0.2) is 41.5 Å². The maximum Gasteiger partial charge on any atom is 0.408 e. The van der Waals surface area contributed by atoms with Gasteiger partial charge in [0, 0.05) is 12.2 Å². The summed E-state index contributed by atoms with van der Waals surface area (Å²) in [6, 6.07) is 12.8. The Morgan fingerprint density at radius 1 is 0.921 bits per heavy atom. The smallest absolute Gasteiger partial charge is 0.408 e. The fraction of sp³-hybridized carbons (Fsp3) is 0.516. The van der Waals surface area contributed by atoms with Crippen molar-refractivity contribution in [1.29, 1.82) is 0 Å². The molecule has 38 heavy (non-hydrogen) atoms. The van der Waals surface area contributed by atoms with Gasteiger partial charge in [-0.2, -0.15) is 0 Å². The molecule has 2 aromatic carbocycles. The van der Waals surface area contributed by atoms with Crippen LogP contribution in [0.1, 0.15) is 88.6 Å². The third kappa shape index (κ3) is 9.51. The van der Waals surface area contributed by atoms with Crippen LogP contribution in [0.15, 0.2) is 42.5 Å². The van der Waals surface area contributed by atoms with Gasteiger partial charge in [0.05, 0.1) is 0 Å². The van der Waals surface area contributed by atoms with Crippen LogP contribution in [0.4, 0.5) is 10.5 Å². The number of carbonyl (C=O) groups is 3. The number of alkyl carbamates (subject to hydrolysis) is 1. The van der Waals surface area contributed by atoms with Crippen LogP contribution in [0.3, 0.4) is 0 Å². The first-order chi connectivity index (χ1) is 18.0. The number of aryl methyl sites for hydroxylation is 3. The summed E-state index contributed by atoms with van der Waals surface area (Å²) >= 11 is 0. The standard InChI is InChI=1S/C31H45N3O4/c1-8-10-11-12-20-34(26(35)21-32-30(37)38-31(5,6)7)28(25-18-16-24(9-2)17-19-25)29(36)33-27-22(3)14-13-15-23(27)4/h13-19,28H,8-12,20-21H2,1-7H3,(H,32,37)(H,33,36). The number of hydrogen-bond donors (Lipinski definition) is 2. The van der Waals surface area contributed by atoms with Gasteiger partial charge >= 0.3 is 6.09 Å². The van der Waals surface area contributed by atoms with Crippen molar-refractivity contribution >= 4 is 23.6 Å². The fourth-order valence-corrected chi connectivity index (χ4v) is 4.28. The molecule has 1 unspecified atom stereocenters. The second kappa shape index (κ2) is 14.6. The summed E-state index contributed by atoms with van der Waals surface area (Å²) in [5.74, 6) is -0.624. The lowest BCUT2D eigenvalue weighted by atomic mass is 10.00. The molecule has 0 aliphatic rings. The van der Waals surface area contributed by atoms with E-state index in [0.29, 0.717) is 6.54 Å². The van der Waals surface area contributed by atoms with E-state index in [1.165, 1.54) is 0 Å². The molecule has 0 radical (unpaired) electrons. The molecule has 0 aromatic heterocycles. The highest BCUT2D eigenvalue weighted by Crippen LogP contribution is 2.27. The quantitative estimate of drug-likeness (QED) is 0.312. The number of nitrogens with one attached hydrogen (secondary N) is 2. The number of para-hydroxylation sites is 1. The first-order valence-electron chi connectivity index (χ1n) is 13.7. The summed E-state index contributed by atoms with van der Waals surface area (Å²) in [6.07, 6.45) is 4.01. The largest absolute Gasteiger partial charge is 0.444 e. The summed E-state index contributed by atoms with van der Waals surface area (Å²) in [7, 11) is 0. The van der Waals surface area contributed by atoms with Gasteiger partial charge in [-0.05, 0) is 69.7 Å². The Balaban J connectivity index is 2.42. The second-order valence-corrected chi connectivity index (χ2v) is 10.8. The molecular formula is C31H45N3O4. The number of hydrogen-bond acceptors (Lipinski definition) is 4. The Morgan fingerprint density at radius 2 is 1.55 bits per heavy atom. The number of benzene rings is 2. The van der Waals surface area contributed by atoms with E-state index in [1.807, 2.05) is 56.3 Å². The molecule has 0 heterocycles. The molecule has 1 atom stereocenters. The van der Waals surface area contributed by atoms with E-state index in [0.717, 1.165) is 60.0 Å². The van der Waals surface area contributed by atoms with Crippen LogP contribution in [0.2, 0.25) is 0 Å². The van der Waals surface area contributed by atoms with Gasteiger partial charge in [-0.3, -0.25) is 9.59 Å². The van der Waals surface area contributed by atoms with Crippen molar-refractivity contribution in [1.82, 2.24) is 10.2 Å². The number of anilines is 1. The van der Waals surface area contributed by atoms with Crippen molar-refractivity contribution in [3.63, 3.8) is 0 Å². The van der Waals surface area contributed by atoms with Gasteiger partial charge in [0.25, 0.3) is 5.91 Å². The Bertz CT molecular complexity index is 1050. The van der Waals surface area contributed by atoms with E-state index in [4.69, 9.17) is 4.74 Å². The van der Waals surface area contributed by atoms with Crippen LogP contribution in [-0.2, 0) is 20.7 Å². The molecular weight excluding hydrogens is 478 g/mol. The average molecular weight is 524 g/mol. The maximum absolute atomic E-state index is 13.9. The zero-order valence-corrected chi connectivity index (χ0v) is 24.1. The van der Waals surface area contributed by atoms with E-state index >= 15 is 0 Å². The van der Waals surface area contributed by atoms with Crippen molar-refractivity contribution in [3.05, 3.63) is 64.7 Å². The average Bonchev–Trinajstić information content (AvgIpc) is 2.86. The number of rotatable bonds is 12. The molecule has 2 aromatic rings. The van der Waals surface area contributed by atoms with Gasteiger partial charge in [0.1, 0.15) is 18.2 Å². The van der Waals surface area contributed by atoms with Crippen LogP contribution in [0.5, 0.6) is 0 Å². The topological polar surface area (TPSA) is 87.7 Å². The van der Waals surface area contributed by atoms with E-state index in [1.54, 1.807) is 25.7 Å². The minimum Gasteiger partial charge on any atom is -0.444 e. The van der Waals surface area contributed by atoms with Crippen molar-refractivity contribution < 1.29 is 19.1 Å². The normalized spacial score (nSPS) is 12.0. The highest BCUT2D eigenvalue weighted by molar-refractivity contribution is 5.99. The molecule has 3 amide bonds. The maximum atomic E-state index is 13.9. The Morgan fingerprint density at radius 3 is 2.11 bits per heavy atom. The van der Waals surface area contributed by atoms with E-state index in [9.17, 15) is 14.4 Å². The zero-order valence-electron chi connectivity index (χ0n) is 24.1. The number of amides is 3. The third-order valence-corrected chi connectivity index (χ3v) is 6.35. The number of nitrogens with zero attached hydrogens (tertiary/aromatic N) is 1. The first-order valence-corrected chi connectivity index (χ1v) is 13.7. The van der Waals surface area contributed by atoms with Crippen molar-refractivity contribution in [3.8, 4) is 0 Å². The Kier molecular flexibility index (Phi) is 11.8. The molecule has 0 bridgehead atoms. The summed E-state index contributed by atoms with van der Waals surface area (Å²) in [4.78, 5) is 41.4. The number of carbonyl (C=O) groups excluding carboxylic acids is 3. The van der Waals surface area contributed by atoms with Crippen molar-refractivity contribution in [2.45, 2.75) is 92.2 Å². The van der Waals surface area contributed by atoms with Gasteiger partial charge in [0.15, 0.2) is 0 Å². The second-order valence-electron chi connectivity index (χ2n) is 10.8. The lowest BCUT2D eigenvalue weighted by molar-refractivity contribution is -0.138. The zero-order chi connectivity index (χ0) is 28.3. The van der Waals surface area contributed by atoms with E-state index in [2.05, 4.69) is 24.5 Å². The highest BCUT2D eigenvalue weighted by Gasteiger charge is 2.32. The molecule has 7 nitrogen and oxygen atoms in total. The third-order valence-electron chi connectivity index (χ3n) is 6.35. The van der Waals surface area contributed by atoms with Gasteiger partial charge in [0.2, 0.25) is 5.91 Å². The molecule has 2 rings (SSSR count). The predicted octanol–water partition coefficient (Wildman–Crippen LogP) is 6.48. The minimum absolute atomic E-state index is 0.261. The molecule has 0 aliphatic carbocycles. The first kappa shape index (κ1) is 30.9. The van der Waals surface area contributed by atoms with Crippen LogP contribution < -0.4 is 10.6 Å². The minimum atomic E-state index is -0.852. The van der Waals surface area contributed by atoms with Gasteiger partial charge < -0.3 is 20.3 Å². The predicted molar refractivity (Wildman–Crippen MR) is 153 cm³/mol. The molecule has 0 spiro atoms. The van der Waals surface area contributed by atoms with E-state index in [-0.39, 0.29) is 18.4 Å². The Hall–Kier alpha value is -3.35. The van der Waals surface area contributed by atoms with Gasteiger partial charge in [-0.1, -0.05) is 75.6 Å². The molecule has 0 saturated carbocycles. The summed E-state index contributed by atoms with van der Waals surface area (Å²) in [5.41, 5.74) is 3.85. The lowest BCUT2D eigenvalue weighted by Crippen LogP contribution is -2.47. The molecule has 2 N–H and O–H groups in total. The van der Waals surface area contributed by atoms with Crippen LogP contribution in [0.25, 0.3) is 0 Å². The van der Waals surface area contributed by atoms with E-state index < -0.39 is 17.7 Å². The molecule has 0 saturated heterocycles. The van der Waals surface area contributed by atoms with Crippen LogP contribution >= 0.6 is 0 Å². The monoisotopic (exact) mass is 523 g/mol. The van der Waals surface area contributed by atoms with Gasteiger partial charge in [-0.25, -0.2) is 4.79 Å². The van der Waals surface area contributed by atoms with Crippen LogP contribution in [0, 0.1) is 13.8 Å². The van der Waals surface area contributed by atoms with Gasteiger partial charge in [-0.15, -0.1) is 0 Å². The number of ether oxygens (including phenoxy) is 1. The molecule has 0 fully saturated rings. The SMILES string of the molecule is CCCCCCN(C(=O)CNC(=O)OC(C)(C)C)C(C(=O)Nc1c(C)cccc1C)c1ccc(CC)cc1. The van der Waals surface area contributed by atoms with Crippen molar-refractivity contribution in [2.24, 2.45) is 0 Å². The summed E-state index contributed by atoms with van der Waals surface area (Å²) < 4.78 is 5.30. The molecule has 208 valence electrons. The number of unbranched alkanes of at least 4 members (excludes halogenated alkanes) is 3. The van der Waals surface area contributed by atoms with Crippen molar-refractivity contribution in [2.75, 3.05) is 18.4 Å². The highest BCUT2D eigenvalue weighted by atomic mass is 16.6. The summed E-state index contributed by atoms with van der Waals surface area (Å²) in [5, 5.41) is 5.66. The molecule has 0 aliphatic heterocycles. The summed E-state index contributed by atoms with van der Waals surface area (Å²) in [6.45, 7) is 13.5. The lowest BCUT2D eigenvalue weighted by Gasteiger charge is -2.32.